The molecule has 110 valence electrons. The zero-order valence-electron chi connectivity index (χ0n) is 11.8. The molecule has 2 rings (SSSR count). The molecule has 1 fully saturated rings. The molecule has 1 aliphatic rings. The number of amides is 1. The number of aromatic nitrogens is 1. The van der Waals surface area contributed by atoms with E-state index in [4.69, 9.17) is 14.4 Å². The van der Waals surface area contributed by atoms with Crippen molar-refractivity contribution in [1.82, 2.24) is 10.1 Å². The third kappa shape index (κ3) is 2.40. The summed E-state index contributed by atoms with van der Waals surface area (Å²) in [6, 6.07) is -0.473. The lowest BCUT2D eigenvalue weighted by molar-refractivity contribution is -0.142. The Hall–Kier alpha value is -1.89. The Morgan fingerprint density at radius 2 is 2.15 bits per heavy atom. The Kier molecular flexibility index (Phi) is 4.08. The molecule has 0 radical (unpaired) electrons. The smallest absolute Gasteiger partial charge is 0.311 e. The van der Waals surface area contributed by atoms with Crippen molar-refractivity contribution in [3.05, 3.63) is 17.0 Å². The van der Waals surface area contributed by atoms with Crippen LogP contribution in [-0.2, 0) is 16.0 Å². The average Bonchev–Trinajstić information content (AvgIpc) is 3.03. The van der Waals surface area contributed by atoms with E-state index in [1.807, 2.05) is 6.92 Å². The Bertz CT molecular complexity index is 525. The second-order valence-electron chi connectivity index (χ2n) is 4.88. The molecule has 20 heavy (non-hydrogen) atoms. The highest BCUT2D eigenvalue weighted by molar-refractivity contribution is 5.96. The fraction of sp³-hybridized carbons (Fsp3) is 0.615. The van der Waals surface area contributed by atoms with Crippen molar-refractivity contribution < 1.29 is 24.0 Å². The van der Waals surface area contributed by atoms with E-state index in [-0.39, 0.29) is 19.1 Å². The monoisotopic (exact) mass is 282 g/mol. The lowest BCUT2D eigenvalue weighted by Gasteiger charge is -2.26. The average molecular weight is 282 g/mol. The lowest BCUT2D eigenvalue weighted by Crippen LogP contribution is -2.44. The molecule has 1 aromatic rings. The number of ether oxygens (including phenoxy) is 1. The van der Waals surface area contributed by atoms with Gasteiger partial charge in [0.05, 0.1) is 24.9 Å². The fourth-order valence-electron chi connectivity index (χ4n) is 2.42. The number of aliphatic carboxylic acids is 1. The molecule has 0 bridgehead atoms. The molecule has 2 unspecified atom stereocenters. The highest BCUT2D eigenvalue weighted by atomic mass is 16.5. The van der Waals surface area contributed by atoms with Gasteiger partial charge in [0.25, 0.3) is 5.91 Å². The van der Waals surface area contributed by atoms with Crippen molar-refractivity contribution in [3.63, 3.8) is 0 Å². The zero-order chi connectivity index (χ0) is 14.9. The van der Waals surface area contributed by atoms with Crippen molar-refractivity contribution in [2.75, 3.05) is 20.3 Å². The number of hydrogen-bond acceptors (Lipinski definition) is 5. The van der Waals surface area contributed by atoms with Gasteiger partial charge in [0, 0.05) is 7.05 Å². The van der Waals surface area contributed by atoms with Crippen molar-refractivity contribution >= 4 is 11.9 Å². The summed E-state index contributed by atoms with van der Waals surface area (Å²) >= 11 is 0. The molecule has 1 saturated heterocycles. The predicted octanol–water partition coefficient (Wildman–Crippen LogP) is 0.717. The van der Waals surface area contributed by atoms with Gasteiger partial charge in [-0.25, -0.2) is 0 Å². The highest BCUT2D eigenvalue weighted by Crippen LogP contribution is 2.23. The highest BCUT2D eigenvalue weighted by Gasteiger charge is 2.39. The Morgan fingerprint density at radius 3 is 2.75 bits per heavy atom. The van der Waals surface area contributed by atoms with Gasteiger partial charge in [0.2, 0.25) is 0 Å². The van der Waals surface area contributed by atoms with Gasteiger partial charge in [-0.1, -0.05) is 12.1 Å². The zero-order valence-corrected chi connectivity index (χ0v) is 11.8. The van der Waals surface area contributed by atoms with E-state index in [0.29, 0.717) is 23.4 Å². The number of carbonyl (C=O) groups excluding carboxylic acids is 1. The third-order valence-corrected chi connectivity index (χ3v) is 3.67. The van der Waals surface area contributed by atoms with Crippen LogP contribution in [0.1, 0.15) is 28.7 Å². The van der Waals surface area contributed by atoms with E-state index < -0.39 is 17.9 Å². The van der Waals surface area contributed by atoms with E-state index in [1.165, 1.54) is 4.90 Å². The Labute approximate surface area is 116 Å². The quantitative estimate of drug-likeness (QED) is 0.874. The van der Waals surface area contributed by atoms with Gasteiger partial charge in [-0.3, -0.25) is 9.59 Å². The molecule has 0 aromatic carbocycles. The first kappa shape index (κ1) is 14.5. The maximum atomic E-state index is 12.5. The summed E-state index contributed by atoms with van der Waals surface area (Å²) in [4.78, 5) is 25.1. The van der Waals surface area contributed by atoms with Crippen molar-refractivity contribution in [1.29, 1.82) is 0 Å². The summed E-state index contributed by atoms with van der Waals surface area (Å²) in [5.41, 5.74) is 1.01. The third-order valence-electron chi connectivity index (χ3n) is 3.67. The van der Waals surface area contributed by atoms with E-state index in [9.17, 15) is 9.59 Å². The van der Waals surface area contributed by atoms with E-state index >= 15 is 0 Å². The molecule has 7 heteroatoms. The number of rotatable bonds is 4. The molecule has 1 N–H and O–H groups in total. The number of aryl methyl sites for hydroxylation is 2. The van der Waals surface area contributed by atoms with Crippen LogP contribution in [0.3, 0.4) is 0 Å². The van der Waals surface area contributed by atoms with Crippen molar-refractivity contribution in [3.8, 4) is 0 Å². The maximum absolute atomic E-state index is 12.5. The fourth-order valence-corrected chi connectivity index (χ4v) is 2.42. The van der Waals surface area contributed by atoms with Gasteiger partial charge in [0.15, 0.2) is 0 Å². The number of carbonyl (C=O) groups is 2. The van der Waals surface area contributed by atoms with Crippen LogP contribution in [0.5, 0.6) is 0 Å². The van der Waals surface area contributed by atoms with Gasteiger partial charge in [-0.05, 0) is 13.3 Å². The van der Waals surface area contributed by atoms with Crippen LogP contribution >= 0.6 is 0 Å². The summed E-state index contributed by atoms with van der Waals surface area (Å²) in [6.45, 7) is 3.91. The second-order valence-corrected chi connectivity index (χ2v) is 4.88. The normalized spacial score (nSPS) is 21.9. The molecule has 1 aliphatic heterocycles. The summed E-state index contributed by atoms with van der Waals surface area (Å²) in [7, 11) is 1.59. The summed E-state index contributed by atoms with van der Waals surface area (Å²) in [5.74, 6) is -1.48. The van der Waals surface area contributed by atoms with Crippen LogP contribution in [0.2, 0.25) is 0 Å². The lowest BCUT2D eigenvalue weighted by atomic mass is 10.0. The van der Waals surface area contributed by atoms with Crippen LogP contribution in [0.25, 0.3) is 0 Å². The topological polar surface area (TPSA) is 92.9 Å². The Balaban J connectivity index is 2.24. The first-order valence-corrected chi connectivity index (χ1v) is 6.50. The molecule has 0 saturated carbocycles. The SMILES string of the molecule is CCc1noc(C)c1C(=O)N(C)C1COCC1C(=O)O. The number of carboxylic acid groups (broad SMARTS) is 1. The van der Waals surface area contributed by atoms with Crippen LogP contribution in [-0.4, -0.2) is 53.3 Å². The molecule has 0 aliphatic carbocycles. The number of likely N-dealkylation sites (N-methyl/N-ethyl adjacent to an activating group) is 1. The van der Waals surface area contributed by atoms with Gasteiger partial charge in [-0.15, -0.1) is 0 Å². The van der Waals surface area contributed by atoms with Gasteiger partial charge >= 0.3 is 5.97 Å². The summed E-state index contributed by atoms with van der Waals surface area (Å²) < 4.78 is 10.2. The standard InChI is InChI=1S/C13H18N2O5/c1-4-9-11(7(2)20-14-9)12(16)15(3)10-6-19-5-8(10)13(17)18/h8,10H,4-6H2,1-3H3,(H,17,18). The van der Waals surface area contributed by atoms with Crippen LogP contribution < -0.4 is 0 Å². The predicted molar refractivity (Wildman–Crippen MR) is 68.4 cm³/mol. The van der Waals surface area contributed by atoms with Crippen LogP contribution in [0, 0.1) is 12.8 Å². The largest absolute Gasteiger partial charge is 0.481 e. The van der Waals surface area contributed by atoms with Gasteiger partial charge < -0.3 is 19.3 Å². The summed E-state index contributed by atoms with van der Waals surface area (Å²) in [5, 5.41) is 13.0. The summed E-state index contributed by atoms with van der Waals surface area (Å²) in [6.07, 6.45) is 0.579. The first-order chi connectivity index (χ1) is 9.47. The van der Waals surface area contributed by atoms with Crippen LogP contribution in [0.4, 0.5) is 0 Å². The minimum atomic E-state index is -0.954. The molecule has 2 atom stereocenters. The molecule has 7 nitrogen and oxygen atoms in total. The van der Waals surface area contributed by atoms with E-state index in [1.54, 1.807) is 14.0 Å². The number of hydrogen-bond donors (Lipinski definition) is 1. The van der Waals surface area contributed by atoms with Crippen molar-refractivity contribution in [2.45, 2.75) is 26.3 Å². The number of carboxylic acids is 1. The van der Waals surface area contributed by atoms with Crippen molar-refractivity contribution in [2.24, 2.45) is 5.92 Å². The van der Waals surface area contributed by atoms with Gasteiger partial charge in [-0.2, -0.15) is 0 Å². The molecule has 1 aromatic heterocycles. The second kappa shape index (κ2) is 5.62. The molecule has 2 heterocycles. The van der Waals surface area contributed by atoms with E-state index in [2.05, 4.69) is 5.16 Å². The molecule has 1 amide bonds. The van der Waals surface area contributed by atoms with E-state index in [0.717, 1.165) is 0 Å². The molecular formula is C13H18N2O5. The Morgan fingerprint density at radius 1 is 1.45 bits per heavy atom. The molecular weight excluding hydrogens is 264 g/mol. The maximum Gasteiger partial charge on any atom is 0.311 e. The first-order valence-electron chi connectivity index (χ1n) is 6.50. The minimum Gasteiger partial charge on any atom is -0.481 e. The minimum absolute atomic E-state index is 0.126. The van der Waals surface area contributed by atoms with Gasteiger partial charge in [0.1, 0.15) is 17.2 Å². The number of nitrogens with zero attached hydrogens (tertiary/aromatic N) is 2. The molecule has 0 spiro atoms. The van der Waals surface area contributed by atoms with Crippen LogP contribution in [0.15, 0.2) is 4.52 Å².